The smallest absolute Gasteiger partial charge is 0.0602 e. The Bertz CT molecular complexity index is 1610. The fourth-order valence-electron chi connectivity index (χ4n) is 7.11. The van der Waals surface area contributed by atoms with Crippen molar-refractivity contribution in [2.24, 2.45) is 0 Å². The van der Waals surface area contributed by atoms with Gasteiger partial charge in [0, 0.05) is 63.9 Å². The fourth-order valence-corrected chi connectivity index (χ4v) is 7.23. The summed E-state index contributed by atoms with van der Waals surface area (Å²) in [5.41, 5.74) is 8.18. The summed E-state index contributed by atoms with van der Waals surface area (Å²) in [4.78, 5) is 10.2. The Balaban J connectivity index is 0.000000177. The summed E-state index contributed by atoms with van der Waals surface area (Å²) in [5, 5.41) is 0.790. The van der Waals surface area contributed by atoms with Gasteiger partial charge in [0.2, 0.25) is 0 Å². The van der Waals surface area contributed by atoms with Gasteiger partial charge in [0.15, 0.2) is 0 Å². The summed E-state index contributed by atoms with van der Waals surface area (Å²) in [5.74, 6) is 0. The first kappa shape index (κ1) is 34.1. The first-order chi connectivity index (χ1) is 23.5. The number of likely N-dealkylation sites (N-methyl/N-ethyl adjacent to an activating group) is 1. The number of halogens is 1. The molecule has 0 amide bonds. The lowest BCUT2D eigenvalue weighted by molar-refractivity contribution is 0.105. The topological polar surface area (TPSA) is 13.0 Å². The number of hydrogen-bond acceptors (Lipinski definition) is 4. The highest BCUT2D eigenvalue weighted by Crippen LogP contribution is 2.31. The zero-order valence-electron chi connectivity index (χ0n) is 28.5. The molecule has 5 heteroatoms. The number of aryl methyl sites for hydroxylation is 1. The standard InChI is InChI=1S/C25H27ClN2.C18H22N2/c1-20-6-5-7-21(18-20)19-27-14-16-28(17-15-27)25(22-8-3-2-4-9-22)23-10-12-24(26)13-11-23;1-19-12-14-20(15-13-19)18(16-8-4-2-5-9-16)17-10-6-3-7-11-17/h2-13,18,25H,14-17,19H2,1H3;2-11,18H,12-15H2,1H3. The van der Waals surface area contributed by atoms with Crippen LogP contribution in [-0.4, -0.2) is 79.0 Å². The third kappa shape index (κ3) is 9.22. The quantitative estimate of drug-likeness (QED) is 0.166. The average molecular weight is 657 g/mol. The van der Waals surface area contributed by atoms with Crippen LogP contribution in [0.3, 0.4) is 0 Å². The highest BCUT2D eigenvalue weighted by molar-refractivity contribution is 6.30. The van der Waals surface area contributed by atoms with E-state index in [9.17, 15) is 0 Å². The minimum Gasteiger partial charge on any atom is -0.304 e. The van der Waals surface area contributed by atoms with E-state index in [2.05, 4.69) is 161 Å². The van der Waals surface area contributed by atoms with Crippen molar-refractivity contribution in [1.82, 2.24) is 19.6 Å². The van der Waals surface area contributed by atoms with Crippen molar-refractivity contribution >= 4 is 11.6 Å². The summed E-state index contributed by atoms with van der Waals surface area (Å²) in [6.45, 7) is 12.1. The molecule has 0 bridgehead atoms. The van der Waals surface area contributed by atoms with Crippen LogP contribution in [0.4, 0.5) is 0 Å². The third-order valence-electron chi connectivity index (χ3n) is 9.70. The molecule has 1 atom stereocenters. The predicted molar refractivity (Wildman–Crippen MR) is 202 cm³/mol. The molecular weight excluding hydrogens is 608 g/mol. The van der Waals surface area contributed by atoms with Crippen molar-refractivity contribution in [2.75, 3.05) is 59.4 Å². The molecule has 2 aliphatic rings. The van der Waals surface area contributed by atoms with Crippen LogP contribution >= 0.6 is 11.6 Å². The van der Waals surface area contributed by atoms with Crippen molar-refractivity contribution in [3.63, 3.8) is 0 Å². The van der Waals surface area contributed by atoms with E-state index in [4.69, 9.17) is 11.6 Å². The van der Waals surface area contributed by atoms with E-state index in [0.29, 0.717) is 6.04 Å². The van der Waals surface area contributed by atoms with Crippen LogP contribution in [0.2, 0.25) is 5.02 Å². The molecule has 0 spiro atoms. The van der Waals surface area contributed by atoms with Gasteiger partial charge < -0.3 is 4.90 Å². The molecule has 0 aromatic heterocycles. The lowest BCUT2D eigenvalue weighted by Gasteiger charge is -2.40. The van der Waals surface area contributed by atoms with Crippen molar-refractivity contribution < 1.29 is 0 Å². The zero-order chi connectivity index (χ0) is 33.1. The molecule has 4 nitrogen and oxygen atoms in total. The zero-order valence-corrected chi connectivity index (χ0v) is 29.2. The maximum Gasteiger partial charge on any atom is 0.0602 e. The minimum atomic E-state index is 0.277. The maximum atomic E-state index is 6.14. The van der Waals surface area contributed by atoms with Gasteiger partial charge in [0.1, 0.15) is 0 Å². The van der Waals surface area contributed by atoms with Gasteiger partial charge in [0.25, 0.3) is 0 Å². The molecule has 5 aromatic carbocycles. The van der Waals surface area contributed by atoms with Crippen LogP contribution in [0, 0.1) is 6.92 Å². The number of hydrogen-bond donors (Lipinski definition) is 0. The van der Waals surface area contributed by atoms with Gasteiger partial charge >= 0.3 is 0 Å². The van der Waals surface area contributed by atoms with Crippen molar-refractivity contribution in [3.05, 3.63) is 178 Å². The molecule has 0 aliphatic carbocycles. The second kappa shape index (κ2) is 17.1. The summed E-state index contributed by atoms with van der Waals surface area (Å²) in [6, 6.07) is 50.4. The summed E-state index contributed by atoms with van der Waals surface area (Å²) in [7, 11) is 2.21. The fraction of sp³-hybridized carbons (Fsp3) is 0.302. The van der Waals surface area contributed by atoms with Crippen LogP contribution in [0.25, 0.3) is 0 Å². The van der Waals surface area contributed by atoms with E-state index >= 15 is 0 Å². The van der Waals surface area contributed by atoms with Crippen molar-refractivity contribution in [2.45, 2.75) is 25.6 Å². The molecule has 2 saturated heterocycles. The number of benzene rings is 5. The minimum absolute atomic E-state index is 0.277. The van der Waals surface area contributed by atoms with E-state index in [1.165, 1.54) is 33.4 Å². The molecule has 0 saturated carbocycles. The van der Waals surface area contributed by atoms with Gasteiger partial charge in [-0.15, -0.1) is 0 Å². The first-order valence-corrected chi connectivity index (χ1v) is 17.8. The molecule has 248 valence electrons. The largest absolute Gasteiger partial charge is 0.304 e. The van der Waals surface area contributed by atoms with Gasteiger partial charge in [-0.1, -0.05) is 145 Å². The van der Waals surface area contributed by atoms with Crippen LogP contribution in [0.5, 0.6) is 0 Å². The van der Waals surface area contributed by atoms with E-state index < -0.39 is 0 Å². The Morgan fingerprint density at radius 2 is 0.938 bits per heavy atom. The SMILES string of the molecule is CN1CCN(C(c2ccccc2)c2ccccc2)CC1.Cc1cccc(CN2CCN(C(c3ccccc3)c3ccc(Cl)cc3)CC2)c1. The Labute approximate surface area is 293 Å². The maximum absolute atomic E-state index is 6.14. The summed E-state index contributed by atoms with van der Waals surface area (Å²) >= 11 is 6.14. The molecule has 7 rings (SSSR count). The Morgan fingerprint density at radius 3 is 1.40 bits per heavy atom. The van der Waals surface area contributed by atoms with Gasteiger partial charge in [-0.2, -0.15) is 0 Å². The Kier molecular flexibility index (Phi) is 12.1. The summed E-state index contributed by atoms with van der Waals surface area (Å²) < 4.78 is 0. The molecule has 5 aromatic rings. The van der Waals surface area contributed by atoms with Gasteiger partial charge in [-0.05, 0) is 53.9 Å². The van der Waals surface area contributed by atoms with Crippen LogP contribution in [-0.2, 0) is 6.54 Å². The second-order valence-corrected chi connectivity index (χ2v) is 13.7. The lowest BCUT2D eigenvalue weighted by atomic mass is 9.96. The highest BCUT2D eigenvalue weighted by Gasteiger charge is 2.27. The molecule has 0 N–H and O–H groups in total. The van der Waals surface area contributed by atoms with E-state index in [0.717, 1.165) is 63.9 Å². The normalized spacial score (nSPS) is 17.1. The second-order valence-electron chi connectivity index (χ2n) is 13.2. The lowest BCUT2D eigenvalue weighted by Crippen LogP contribution is -2.47. The van der Waals surface area contributed by atoms with Gasteiger partial charge in [-0.25, -0.2) is 0 Å². The third-order valence-corrected chi connectivity index (χ3v) is 9.95. The number of piperazine rings is 2. The van der Waals surface area contributed by atoms with Crippen LogP contribution in [0.15, 0.2) is 140 Å². The van der Waals surface area contributed by atoms with E-state index in [1.807, 2.05) is 12.1 Å². The first-order valence-electron chi connectivity index (χ1n) is 17.4. The number of nitrogens with zero attached hydrogens (tertiary/aromatic N) is 4. The van der Waals surface area contributed by atoms with Crippen molar-refractivity contribution in [1.29, 1.82) is 0 Å². The van der Waals surface area contributed by atoms with Crippen LogP contribution in [0.1, 0.15) is 45.5 Å². The monoisotopic (exact) mass is 656 g/mol. The van der Waals surface area contributed by atoms with Crippen molar-refractivity contribution in [3.8, 4) is 0 Å². The van der Waals surface area contributed by atoms with E-state index in [-0.39, 0.29) is 6.04 Å². The Hall–Kier alpha value is -3.77. The van der Waals surface area contributed by atoms with Gasteiger partial charge in [0.05, 0.1) is 12.1 Å². The molecule has 0 radical (unpaired) electrons. The molecule has 2 aliphatic heterocycles. The molecule has 2 heterocycles. The number of rotatable bonds is 8. The van der Waals surface area contributed by atoms with E-state index in [1.54, 1.807) is 0 Å². The highest BCUT2D eigenvalue weighted by atomic mass is 35.5. The Morgan fingerprint density at radius 1 is 0.500 bits per heavy atom. The summed E-state index contributed by atoms with van der Waals surface area (Å²) in [6.07, 6.45) is 0. The molecule has 2 fully saturated rings. The molecule has 1 unspecified atom stereocenters. The van der Waals surface area contributed by atoms with Gasteiger partial charge in [-0.3, -0.25) is 14.7 Å². The van der Waals surface area contributed by atoms with Crippen LogP contribution < -0.4 is 0 Å². The average Bonchev–Trinajstić information content (AvgIpc) is 3.13. The molecular formula is C43H49ClN4. The molecule has 48 heavy (non-hydrogen) atoms. The predicted octanol–water partition coefficient (Wildman–Crippen LogP) is 8.58.